The third-order valence-corrected chi connectivity index (χ3v) is 5.07. The highest BCUT2D eigenvalue weighted by Gasteiger charge is 2.37. The number of aromatic nitrogens is 1. The van der Waals surface area contributed by atoms with E-state index in [9.17, 15) is 4.79 Å². The molecule has 3 N–H and O–H groups in total. The molecule has 0 spiro atoms. The first-order valence-corrected chi connectivity index (χ1v) is 9.23. The van der Waals surface area contributed by atoms with E-state index in [2.05, 4.69) is 10.3 Å². The van der Waals surface area contributed by atoms with Crippen molar-refractivity contribution in [3.05, 3.63) is 59.9 Å². The van der Waals surface area contributed by atoms with Crippen LogP contribution in [0.2, 0.25) is 0 Å². The predicted molar refractivity (Wildman–Crippen MR) is 101 cm³/mol. The second kappa shape index (κ2) is 8.32. The van der Waals surface area contributed by atoms with E-state index in [1.54, 1.807) is 6.20 Å². The third kappa shape index (κ3) is 4.82. The summed E-state index contributed by atoms with van der Waals surface area (Å²) < 4.78 is 5.73. The maximum absolute atomic E-state index is 12.5. The zero-order valence-electron chi connectivity index (χ0n) is 15.3. The number of amides is 1. The fourth-order valence-corrected chi connectivity index (χ4v) is 3.45. The highest BCUT2D eigenvalue weighted by Crippen LogP contribution is 2.31. The fraction of sp³-hybridized carbons (Fsp3) is 0.429. The van der Waals surface area contributed by atoms with Crippen molar-refractivity contribution < 1.29 is 9.53 Å². The van der Waals surface area contributed by atoms with Gasteiger partial charge in [-0.05, 0) is 49.6 Å². The van der Waals surface area contributed by atoms with Crippen molar-refractivity contribution in [3.8, 4) is 5.75 Å². The van der Waals surface area contributed by atoms with E-state index in [0.29, 0.717) is 13.2 Å². The van der Waals surface area contributed by atoms with Crippen LogP contribution in [0.15, 0.2) is 48.7 Å². The summed E-state index contributed by atoms with van der Waals surface area (Å²) in [4.78, 5) is 16.7. The van der Waals surface area contributed by atoms with Gasteiger partial charge >= 0.3 is 0 Å². The van der Waals surface area contributed by atoms with Crippen LogP contribution in [0.1, 0.15) is 43.9 Å². The lowest BCUT2D eigenvalue weighted by Gasteiger charge is -2.37. The average molecular weight is 353 g/mol. The molecule has 1 aromatic heterocycles. The Bertz CT molecular complexity index is 714. The Morgan fingerprint density at radius 1 is 1.27 bits per heavy atom. The smallest absolute Gasteiger partial charge is 0.225 e. The van der Waals surface area contributed by atoms with Gasteiger partial charge in [0, 0.05) is 18.3 Å². The van der Waals surface area contributed by atoms with E-state index in [-0.39, 0.29) is 11.8 Å². The van der Waals surface area contributed by atoms with Crippen LogP contribution < -0.4 is 15.8 Å². The predicted octanol–water partition coefficient (Wildman–Crippen LogP) is 3.18. The standard InChI is InChI=1S/C21H27N3O2/c1-21(22)12-4-2-7-19(21)20(25)24-14-16-8-10-18(11-9-16)26-15-17-6-3-5-13-23-17/h3,5-6,8-11,13,19H,2,4,7,12,14-15,22H2,1H3,(H,24,25). The summed E-state index contributed by atoms with van der Waals surface area (Å²) in [6, 6.07) is 13.5. The van der Waals surface area contributed by atoms with E-state index in [1.807, 2.05) is 49.4 Å². The molecule has 5 nitrogen and oxygen atoms in total. The Labute approximate surface area is 155 Å². The van der Waals surface area contributed by atoms with Crippen LogP contribution in [0.4, 0.5) is 0 Å². The van der Waals surface area contributed by atoms with Crippen LogP contribution in [0.3, 0.4) is 0 Å². The molecule has 1 aliphatic rings. The van der Waals surface area contributed by atoms with Gasteiger partial charge in [-0.25, -0.2) is 0 Å². The zero-order valence-corrected chi connectivity index (χ0v) is 15.3. The molecule has 0 bridgehead atoms. The minimum absolute atomic E-state index is 0.0604. The second-order valence-corrected chi connectivity index (χ2v) is 7.28. The van der Waals surface area contributed by atoms with Crippen molar-refractivity contribution in [2.45, 2.75) is 51.3 Å². The number of rotatable bonds is 6. The minimum Gasteiger partial charge on any atom is -0.487 e. The number of nitrogens with one attached hydrogen (secondary N) is 1. The summed E-state index contributed by atoms with van der Waals surface area (Å²) in [5, 5.41) is 3.03. The maximum atomic E-state index is 12.5. The number of nitrogens with zero attached hydrogens (tertiary/aromatic N) is 1. The third-order valence-electron chi connectivity index (χ3n) is 5.07. The molecule has 0 radical (unpaired) electrons. The first-order valence-electron chi connectivity index (χ1n) is 9.23. The molecule has 1 amide bonds. The molecule has 1 fully saturated rings. The molecule has 2 unspecified atom stereocenters. The molecule has 138 valence electrons. The molecule has 0 aliphatic heterocycles. The Morgan fingerprint density at radius 2 is 2.08 bits per heavy atom. The molecule has 3 rings (SSSR count). The number of carbonyl (C=O) groups excluding carboxylic acids is 1. The van der Waals surface area contributed by atoms with E-state index < -0.39 is 5.54 Å². The van der Waals surface area contributed by atoms with Crippen molar-refractivity contribution in [2.24, 2.45) is 11.7 Å². The average Bonchev–Trinajstić information content (AvgIpc) is 2.66. The van der Waals surface area contributed by atoms with Gasteiger partial charge in [0.05, 0.1) is 11.6 Å². The lowest BCUT2D eigenvalue weighted by molar-refractivity contribution is -0.128. The lowest BCUT2D eigenvalue weighted by atomic mass is 9.74. The molecule has 26 heavy (non-hydrogen) atoms. The van der Waals surface area contributed by atoms with Gasteiger partial charge in [-0.3, -0.25) is 9.78 Å². The van der Waals surface area contributed by atoms with Gasteiger partial charge in [-0.1, -0.05) is 31.0 Å². The molecule has 1 saturated carbocycles. The number of ether oxygens (including phenoxy) is 1. The van der Waals surface area contributed by atoms with E-state index in [0.717, 1.165) is 42.7 Å². The van der Waals surface area contributed by atoms with Crippen molar-refractivity contribution in [2.75, 3.05) is 0 Å². The number of carbonyl (C=O) groups is 1. The molecule has 1 aliphatic carbocycles. The SMILES string of the molecule is CC1(N)CCCCC1C(=O)NCc1ccc(OCc2ccccn2)cc1. The second-order valence-electron chi connectivity index (χ2n) is 7.28. The van der Waals surface area contributed by atoms with Crippen LogP contribution in [-0.2, 0) is 17.9 Å². The van der Waals surface area contributed by atoms with Gasteiger partial charge in [-0.15, -0.1) is 0 Å². The van der Waals surface area contributed by atoms with Gasteiger partial charge in [0.1, 0.15) is 12.4 Å². The Hall–Kier alpha value is -2.40. The van der Waals surface area contributed by atoms with Crippen molar-refractivity contribution >= 4 is 5.91 Å². The molecule has 2 atom stereocenters. The number of hydrogen-bond acceptors (Lipinski definition) is 4. The van der Waals surface area contributed by atoms with Crippen LogP contribution in [0.5, 0.6) is 5.75 Å². The van der Waals surface area contributed by atoms with Gasteiger partial charge in [0.2, 0.25) is 5.91 Å². The topological polar surface area (TPSA) is 77.2 Å². The van der Waals surface area contributed by atoms with Gasteiger partial charge in [0.25, 0.3) is 0 Å². The largest absolute Gasteiger partial charge is 0.487 e. The summed E-state index contributed by atoms with van der Waals surface area (Å²) in [7, 11) is 0. The fourth-order valence-electron chi connectivity index (χ4n) is 3.45. The summed E-state index contributed by atoms with van der Waals surface area (Å²) in [6.07, 6.45) is 5.72. The van der Waals surface area contributed by atoms with Crippen LogP contribution in [-0.4, -0.2) is 16.4 Å². The Balaban J connectivity index is 1.49. The number of nitrogens with two attached hydrogens (primary N) is 1. The summed E-state index contributed by atoms with van der Waals surface area (Å²) in [5.41, 5.74) is 7.84. The molecule has 2 aromatic rings. The molecule has 0 saturated heterocycles. The number of benzene rings is 1. The van der Waals surface area contributed by atoms with Gasteiger partial charge in [0.15, 0.2) is 0 Å². The first kappa shape index (κ1) is 18.4. The van der Waals surface area contributed by atoms with Crippen molar-refractivity contribution in [1.82, 2.24) is 10.3 Å². The van der Waals surface area contributed by atoms with E-state index in [4.69, 9.17) is 10.5 Å². The quantitative estimate of drug-likeness (QED) is 0.836. The molecule has 1 aromatic carbocycles. The Kier molecular flexibility index (Phi) is 5.89. The minimum atomic E-state index is -0.397. The van der Waals surface area contributed by atoms with Crippen LogP contribution in [0, 0.1) is 5.92 Å². The molecular formula is C21H27N3O2. The van der Waals surface area contributed by atoms with Crippen LogP contribution in [0.25, 0.3) is 0 Å². The number of pyridine rings is 1. The van der Waals surface area contributed by atoms with E-state index in [1.165, 1.54) is 0 Å². The Morgan fingerprint density at radius 3 is 2.77 bits per heavy atom. The first-order chi connectivity index (χ1) is 12.5. The summed E-state index contributed by atoms with van der Waals surface area (Å²) >= 11 is 0. The van der Waals surface area contributed by atoms with Crippen LogP contribution >= 0.6 is 0 Å². The van der Waals surface area contributed by atoms with Crippen molar-refractivity contribution in [3.63, 3.8) is 0 Å². The highest BCUT2D eigenvalue weighted by molar-refractivity contribution is 5.80. The maximum Gasteiger partial charge on any atom is 0.225 e. The summed E-state index contributed by atoms with van der Waals surface area (Å²) in [6.45, 7) is 2.93. The van der Waals surface area contributed by atoms with E-state index >= 15 is 0 Å². The van der Waals surface area contributed by atoms with Gasteiger partial charge < -0.3 is 15.8 Å². The highest BCUT2D eigenvalue weighted by atomic mass is 16.5. The molecule has 1 heterocycles. The summed E-state index contributed by atoms with van der Waals surface area (Å²) in [5.74, 6) is 0.745. The monoisotopic (exact) mass is 353 g/mol. The number of hydrogen-bond donors (Lipinski definition) is 2. The lowest BCUT2D eigenvalue weighted by Crippen LogP contribution is -2.52. The normalized spacial score (nSPS) is 22.6. The zero-order chi connectivity index (χ0) is 18.4. The molecule has 5 heteroatoms. The molecular weight excluding hydrogens is 326 g/mol. The van der Waals surface area contributed by atoms with Gasteiger partial charge in [-0.2, -0.15) is 0 Å². The van der Waals surface area contributed by atoms with Crippen molar-refractivity contribution in [1.29, 1.82) is 0 Å².